The van der Waals surface area contributed by atoms with Gasteiger partial charge in [0.25, 0.3) is 0 Å². The lowest BCUT2D eigenvalue weighted by Gasteiger charge is -2.41. The Morgan fingerprint density at radius 2 is 2.44 bits per heavy atom. The lowest BCUT2D eigenvalue weighted by atomic mass is 9.98. The first-order valence-corrected chi connectivity index (χ1v) is 6.13. The van der Waals surface area contributed by atoms with Gasteiger partial charge in [0.15, 0.2) is 11.6 Å². The Labute approximate surface area is 96.4 Å². The molecule has 0 N–H and O–H groups in total. The third-order valence-corrected chi connectivity index (χ3v) is 3.88. The molecule has 3 rings (SSSR count). The van der Waals surface area contributed by atoms with Crippen molar-refractivity contribution in [3.63, 3.8) is 0 Å². The van der Waals surface area contributed by atoms with Gasteiger partial charge in [0, 0.05) is 12.7 Å². The average Bonchev–Trinajstić information content (AvgIpc) is 2.70. The number of hydrogen-bond acceptors (Lipinski definition) is 3. The summed E-state index contributed by atoms with van der Waals surface area (Å²) in [6, 6.07) is 2.07. The van der Waals surface area contributed by atoms with Gasteiger partial charge in [-0.2, -0.15) is 0 Å². The van der Waals surface area contributed by atoms with Crippen LogP contribution in [0.15, 0.2) is 12.3 Å². The second kappa shape index (κ2) is 3.37. The van der Waals surface area contributed by atoms with Crippen LogP contribution >= 0.6 is 0 Å². The number of anilines is 1. The largest absolute Gasteiger partial charge is 0.487 e. The molecule has 1 saturated heterocycles. The molecule has 3 heterocycles. The molecule has 1 atom stereocenters. The van der Waals surface area contributed by atoms with Gasteiger partial charge in [-0.05, 0) is 37.8 Å². The number of nitrogens with zero attached hydrogens (tertiary/aromatic N) is 2. The van der Waals surface area contributed by atoms with Crippen LogP contribution in [0.3, 0.4) is 0 Å². The Morgan fingerprint density at radius 1 is 1.56 bits per heavy atom. The topological polar surface area (TPSA) is 25.4 Å². The molecule has 86 valence electrons. The Balaban J connectivity index is 2.10. The highest BCUT2D eigenvalue weighted by atomic mass is 16.5. The number of aryl methyl sites for hydroxylation is 1. The Morgan fingerprint density at radius 3 is 3.25 bits per heavy atom. The van der Waals surface area contributed by atoms with Crippen LogP contribution in [0.4, 0.5) is 5.82 Å². The number of hydrogen-bond donors (Lipinski definition) is 0. The van der Waals surface area contributed by atoms with Gasteiger partial charge in [-0.1, -0.05) is 6.92 Å². The van der Waals surface area contributed by atoms with Gasteiger partial charge in [0.2, 0.25) is 0 Å². The molecule has 1 fully saturated rings. The molecule has 2 aliphatic rings. The molecular formula is C13H18N2O. The maximum atomic E-state index is 5.96. The second-order valence-electron chi connectivity index (χ2n) is 5.02. The van der Waals surface area contributed by atoms with E-state index in [9.17, 15) is 0 Å². The normalized spacial score (nSPS) is 27.2. The summed E-state index contributed by atoms with van der Waals surface area (Å²) in [5.41, 5.74) is 1.45. The Bertz CT molecular complexity index is 418. The van der Waals surface area contributed by atoms with Gasteiger partial charge in [0.05, 0.1) is 5.54 Å². The molecule has 0 radical (unpaired) electrons. The minimum absolute atomic E-state index is 0.173. The van der Waals surface area contributed by atoms with Crippen molar-refractivity contribution in [2.24, 2.45) is 0 Å². The Hall–Kier alpha value is -1.25. The lowest BCUT2D eigenvalue weighted by molar-refractivity contribution is 0.209. The molecule has 1 aromatic heterocycles. The Kier molecular flexibility index (Phi) is 2.09. The fourth-order valence-corrected chi connectivity index (χ4v) is 2.87. The lowest BCUT2D eigenvalue weighted by Crippen LogP contribution is -2.49. The predicted molar refractivity (Wildman–Crippen MR) is 64.1 cm³/mol. The van der Waals surface area contributed by atoms with Crippen molar-refractivity contribution < 1.29 is 4.74 Å². The molecule has 0 amide bonds. The summed E-state index contributed by atoms with van der Waals surface area (Å²) in [6.07, 6.45) is 5.38. The SMILES string of the molecule is CCc1ccnc2c1OC[C@@]1(C)CCCN21. The van der Waals surface area contributed by atoms with Crippen molar-refractivity contribution in [2.75, 3.05) is 18.1 Å². The van der Waals surface area contributed by atoms with E-state index in [2.05, 4.69) is 29.8 Å². The summed E-state index contributed by atoms with van der Waals surface area (Å²) >= 11 is 0. The summed E-state index contributed by atoms with van der Waals surface area (Å²) < 4.78 is 5.96. The van der Waals surface area contributed by atoms with Gasteiger partial charge in [-0.15, -0.1) is 0 Å². The monoisotopic (exact) mass is 218 g/mol. The first kappa shape index (κ1) is 9.94. The van der Waals surface area contributed by atoms with Gasteiger partial charge in [0.1, 0.15) is 6.61 Å². The van der Waals surface area contributed by atoms with Crippen molar-refractivity contribution >= 4 is 5.82 Å². The number of pyridine rings is 1. The summed E-state index contributed by atoms with van der Waals surface area (Å²) in [4.78, 5) is 6.95. The fraction of sp³-hybridized carbons (Fsp3) is 0.615. The van der Waals surface area contributed by atoms with Crippen molar-refractivity contribution in [2.45, 2.75) is 38.6 Å². The van der Waals surface area contributed by atoms with E-state index in [1.807, 2.05) is 6.20 Å². The maximum absolute atomic E-state index is 5.96. The predicted octanol–water partition coefficient (Wildman–Crippen LogP) is 2.40. The number of ether oxygens (including phenoxy) is 1. The van der Waals surface area contributed by atoms with E-state index in [1.165, 1.54) is 18.4 Å². The highest BCUT2D eigenvalue weighted by Crippen LogP contribution is 2.43. The number of aromatic nitrogens is 1. The standard InChI is InChI=1S/C13H18N2O/c1-3-10-5-7-14-12-11(10)16-9-13(2)6-4-8-15(12)13/h5,7H,3-4,6,8-9H2,1-2H3/t13-/m1/s1. The van der Waals surface area contributed by atoms with Gasteiger partial charge < -0.3 is 9.64 Å². The van der Waals surface area contributed by atoms with Crippen LogP contribution in [0, 0.1) is 0 Å². The summed E-state index contributed by atoms with van der Waals surface area (Å²) in [7, 11) is 0. The van der Waals surface area contributed by atoms with E-state index in [4.69, 9.17) is 4.74 Å². The zero-order valence-electron chi connectivity index (χ0n) is 9.99. The quantitative estimate of drug-likeness (QED) is 0.723. The molecule has 3 nitrogen and oxygen atoms in total. The highest BCUT2D eigenvalue weighted by Gasteiger charge is 2.43. The van der Waals surface area contributed by atoms with E-state index in [-0.39, 0.29) is 5.54 Å². The second-order valence-corrected chi connectivity index (χ2v) is 5.02. The van der Waals surface area contributed by atoms with Crippen molar-refractivity contribution in [3.8, 4) is 5.75 Å². The third kappa shape index (κ3) is 1.24. The third-order valence-electron chi connectivity index (χ3n) is 3.88. The van der Waals surface area contributed by atoms with Gasteiger partial charge in [-0.25, -0.2) is 4.98 Å². The van der Waals surface area contributed by atoms with Crippen LogP contribution in [0.2, 0.25) is 0 Å². The minimum atomic E-state index is 0.173. The van der Waals surface area contributed by atoms with E-state index >= 15 is 0 Å². The van der Waals surface area contributed by atoms with Crippen LogP contribution in [-0.2, 0) is 6.42 Å². The molecule has 0 bridgehead atoms. The summed E-state index contributed by atoms with van der Waals surface area (Å²) in [6.45, 7) is 6.37. The van der Waals surface area contributed by atoms with Gasteiger partial charge >= 0.3 is 0 Å². The fourth-order valence-electron chi connectivity index (χ4n) is 2.87. The maximum Gasteiger partial charge on any atom is 0.172 e. The van der Waals surface area contributed by atoms with E-state index < -0.39 is 0 Å². The van der Waals surface area contributed by atoms with Crippen LogP contribution in [0.5, 0.6) is 5.75 Å². The van der Waals surface area contributed by atoms with E-state index in [1.54, 1.807) is 0 Å². The molecule has 0 aromatic carbocycles. The van der Waals surface area contributed by atoms with Crippen LogP contribution in [-0.4, -0.2) is 23.7 Å². The van der Waals surface area contributed by atoms with Crippen molar-refractivity contribution in [1.29, 1.82) is 0 Å². The van der Waals surface area contributed by atoms with Gasteiger partial charge in [-0.3, -0.25) is 0 Å². The number of rotatable bonds is 1. The first-order chi connectivity index (χ1) is 7.74. The van der Waals surface area contributed by atoms with Crippen molar-refractivity contribution in [1.82, 2.24) is 4.98 Å². The zero-order chi connectivity index (χ0) is 11.2. The molecule has 3 heteroatoms. The van der Waals surface area contributed by atoms with E-state index in [0.717, 1.165) is 31.1 Å². The summed E-state index contributed by atoms with van der Waals surface area (Å²) in [5.74, 6) is 2.08. The molecule has 0 unspecified atom stereocenters. The first-order valence-electron chi connectivity index (χ1n) is 6.13. The minimum Gasteiger partial charge on any atom is -0.487 e. The molecular weight excluding hydrogens is 200 g/mol. The molecule has 16 heavy (non-hydrogen) atoms. The van der Waals surface area contributed by atoms with Crippen LogP contribution < -0.4 is 9.64 Å². The molecule has 2 aliphatic heterocycles. The molecule has 0 saturated carbocycles. The molecule has 0 spiro atoms. The van der Waals surface area contributed by atoms with Crippen molar-refractivity contribution in [3.05, 3.63) is 17.8 Å². The van der Waals surface area contributed by atoms with E-state index in [0.29, 0.717) is 0 Å². The smallest absolute Gasteiger partial charge is 0.172 e. The molecule has 1 aromatic rings. The number of fused-ring (bicyclic) bond motifs is 3. The molecule has 0 aliphatic carbocycles. The zero-order valence-corrected chi connectivity index (χ0v) is 9.99. The summed E-state index contributed by atoms with van der Waals surface area (Å²) in [5, 5.41) is 0. The highest BCUT2D eigenvalue weighted by molar-refractivity contribution is 5.60. The average molecular weight is 218 g/mol. The van der Waals surface area contributed by atoms with Crippen LogP contribution in [0.1, 0.15) is 32.3 Å². The van der Waals surface area contributed by atoms with Crippen LogP contribution in [0.25, 0.3) is 0 Å².